The fraction of sp³-hybridized carbons (Fsp3) is 0.268. The van der Waals surface area contributed by atoms with Crippen molar-refractivity contribution in [3.8, 4) is 11.1 Å². The van der Waals surface area contributed by atoms with Crippen molar-refractivity contribution in [2.45, 2.75) is 42.7 Å². The minimum absolute atomic E-state index is 0.0629. The van der Waals surface area contributed by atoms with Crippen molar-refractivity contribution in [3.05, 3.63) is 91.2 Å². The molecule has 1 saturated carbocycles. The molecule has 0 bridgehead atoms. The van der Waals surface area contributed by atoms with Crippen LogP contribution in [0.5, 0.6) is 0 Å². The number of sulfonamides is 1. The summed E-state index contributed by atoms with van der Waals surface area (Å²) >= 11 is 0. The molecule has 1 aliphatic heterocycles. The highest BCUT2D eigenvalue weighted by atomic mass is 32.2. The Balaban J connectivity index is 0.000000336. The number of halogens is 1. The summed E-state index contributed by atoms with van der Waals surface area (Å²) in [4.78, 5) is 70.9. The Morgan fingerprint density at radius 2 is 1.27 bits per heavy atom. The van der Waals surface area contributed by atoms with Crippen molar-refractivity contribution in [2.24, 2.45) is 0 Å². The van der Waals surface area contributed by atoms with Gasteiger partial charge in [0.05, 0.1) is 11.1 Å². The van der Waals surface area contributed by atoms with Gasteiger partial charge in [0.2, 0.25) is 0 Å². The number of anilines is 2. The van der Waals surface area contributed by atoms with E-state index in [1.807, 2.05) is 6.20 Å². The molecular weight excluding hydrogens is 910 g/mol. The van der Waals surface area contributed by atoms with E-state index in [1.165, 1.54) is 30.6 Å². The van der Waals surface area contributed by atoms with Crippen LogP contribution in [0.3, 0.4) is 0 Å². The Hall–Kier alpha value is -8.10. The predicted molar refractivity (Wildman–Crippen MR) is 234 cm³/mol. The van der Waals surface area contributed by atoms with Crippen LogP contribution >= 0.6 is 0 Å². The second-order valence-corrected chi connectivity index (χ2v) is 16.1. The molecule has 0 amide bonds. The van der Waals surface area contributed by atoms with Crippen LogP contribution in [0.25, 0.3) is 33.2 Å². The number of benzene rings is 2. The summed E-state index contributed by atoms with van der Waals surface area (Å²) in [5.74, 6) is -7.97. The number of aliphatic carboxylic acids is 6. The smallest absolute Gasteiger partial charge is 0.328 e. The lowest BCUT2D eigenvalue weighted by Gasteiger charge is -2.41. The second kappa shape index (κ2) is 23.7. The van der Waals surface area contributed by atoms with E-state index in [0.717, 1.165) is 51.9 Å². The molecule has 2 aliphatic rings. The highest BCUT2D eigenvalue weighted by Gasteiger charge is 2.30. The van der Waals surface area contributed by atoms with Crippen LogP contribution in [0.15, 0.2) is 94.9 Å². The van der Waals surface area contributed by atoms with E-state index in [9.17, 15) is 37.2 Å². The summed E-state index contributed by atoms with van der Waals surface area (Å²) in [5, 5.41) is 54.9. The number of likely N-dealkylation sites (N-methyl/N-ethyl adjacent to an activating group) is 1. The fourth-order valence-electron chi connectivity index (χ4n) is 6.89. The number of carboxylic acid groups (broad SMARTS) is 6. The summed E-state index contributed by atoms with van der Waals surface area (Å²) in [6.45, 7) is 4.43. The van der Waals surface area contributed by atoms with Gasteiger partial charge < -0.3 is 45.8 Å². The molecule has 0 unspecified atom stereocenters. The van der Waals surface area contributed by atoms with E-state index in [1.54, 1.807) is 12.1 Å². The van der Waals surface area contributed by atoms with Gasteiger partial charge in [-0.05, 0) is 72.9 Å². The predicted octanol–water partition coefficient (Wildman–Crippen LogP) is 3.02. The van der Waals surface area contributed by atoms with Gasteiger partial charge in [0.1, 0.15) is 34.0 Å². The van der Waals surface area contributed by atoms with Crippen molar-refractivity contribution in [3.63, 3.8) is 0 Å². The maximum Gasteiger partial charge on any atom is 0.328 e. The third-order valence-corrected chi connectivity index (χ3v) is 11.3. The van der Waals surface area contributed by atoms with Crippen molar-refractivity contribution < 1.29 is 76.8 Å². The average molecular weight is 954 g/mol. The van der Waals surface area contributed by atoms with Gasteiger partial charge >= 0.3 is 35.8 Å². The molecule has 2 fully saturated rings. The zero-order chi connectivity index (χ0) is 49.4. The maximum absolute atomic E-state index is 15.5. The number of rotatable bonds is 12. The number of nitrogens with one attached hydrogen (secondary N) is 1. The molecule has 2 aromatic carbocycles. The first-order chi connectivity index (χ1) is 31.7. The first-order valence-electron chi connectivity index (χ1n) is 19.7. The minimum Gasteiger partial charge on any atom is -0.478 e. The number of aromatic nitrogens is 5. The SMILES string of the molecule is CN1CCN(C2CCC(n3cc(-c4ccc(NS(=O)(=O)c5cccc6nonc56)c(F)c4)c4c(N)ncnc43)CC2)CC1.O=C(O)/C=C\C(=O)O.O=C(O)/C=C\C(=O)O.O=C(O)/C=C\C(=O)O. The fourth-order valence-corrected chi connectivity index (χ4v) is 8.10. The minimum atomic E-state index is -4.18. The molecule has 67 heavy (non-hydrogen) atoms. The molecule has 0 spiro atoms. The zero-order valence-corrected chi connectivity index (χ0v) is 36.1. The molecule has 7 rings (SSSR count). The number of nitrogen functional groups attached to an aromatic ring is 1. The molecular formula is C41H44FN9O15S. The normalized spacial score (nSPS) is 16.6. The maximum atomic E-state index is 15.5. The molecule has 4 heterocycles. The molecule has 0 atom stereocenters. The third kappa shape index (κ3) is 15.3. The quantitative estimate of drug-likeness (QED) is 0.0833. The molecule has 26 heteroatoms. The van der Waals surface area contributed by atoms with E-state index >= 15 is 4.39 Å². The number of piperazine rings is 1. The number of nitrogens with two attached hydrogens (primary N) is 1. The topological polar surface area (TPSA) is 372 Å². The van der Waals surface area contributed by atoms with Gasteiger partial charge in [-0.3, -0.25) is 9.62 Å². The van der Waals surface area contributed by atoms with Crippen molar-refractivity contribution in [1.82, 2.24) is 34.6 Å². The van der Waals surface area contributed by atoms with Gasteiger partial charge in [-0.2, -0.15) is 0 Å². The van der Waals surface area contributed by atoms with Gasteiger partial charge in [-0.25, -0.2) is 56.2 Å². The number of hydrogen-bond donors (Lipinski definition) is 8. The lowest BCUT2D eigenvalue weighted by molar-refractivity contribution is -0.134. The lowest BCUT2D eigenvalue weighted by atomic mass is 9.89. The average Bonchev–Trinajstić information content (AvgIpc) is 3.92. The molecule has 5 aromatic rings. The van der Waals surface area contributed by atoms with E-state index in [-0.39, 0.29) is 27.7 Å². The molecule has 24 nitrogen and oxygen atoms in total. The van der Waals surface area contributed by atoms with Crippen molar-refractivity contribution in [1.29, 1.82) is 0 Å². The van der Waals surface area contributed by atoms with Crippen molar-refractivity contribution >= 4 is 79.4 Å². The van der Waals surface area contributed by atoms with Gasteiger partial charge in [-0.1, -0.05) is 12.1 Å². The second-order valence-electron chi connectivity index (χ2n) is 14.4. The first kappa shape index (κ1) is 51.5. The number of nitrogens with zero attached hydrogens (tertiary/aromatic N) is 7. The van der Waals surface area contributed by atoms with E-state index in [2.05, 4.69) is 51.0 Å². The van der Waals surface area contributed by atoms with Gasteiger partial charge in [0.15, 0.2) is 5.52 Å². The first-order valence-corrected chi connectivity index (χ1v) is 21.1. The molecule has 1 saturated heterocycles. The van der Waals surface area contributed by atoms with Crippen LogP contribution in [0.1, 0.15) is 31.7 Å². The summed E-state index contributed by atoms with van der Waals surface area (Å²) in [5.41, 5.74) is 8.43. The van der Waals surface area contributed by atoms with Crippen LogP contribution < -0.4 is 10.5 Å². The summed E-state index contributed by atoms with van der Waals surface area (Å²) in [6, 6.07) is 9.63. The van der Waals surface area contributed by atoms with Crippen LogP contribution in [-0.4, -0.2) is 149 Å². The summed E-state index contributed by atoms with van der Waals surface area (Å²) < 4.78 is 50.9. The highest BCUT2D eigenvalue weighted by molar-refractivity contribution is 7.93. The summed E-state index contributed by atoms with van der Waals surface area (Å²) in [7, 11) is -2.01. The number of hydrogen-bond acceptors (Lipinski definition) is 16. The lowest BCUT2D eigenvalue weighted by Crippen LogP contribution is -2.49. The molecule has 356 valence electrons. The standard InChI is InChI=1S/C29H32FN9O3S.3C4H4O4/c1-37-11-13-38(14-12-37)19-6-8-20(9-7-19)39-16-21(26-28(31)32-17-33-29(26)39)18-5-10-23(22(30)15-18)36-43(40,41)25-4-2-3-24-27(25)35-42-34-24;3*5-3(6)1-2-4(7)8/h2-5,10,15-17,19-20,36H,6-9,11-14H2,1H3,(H2,31,32,33);3*1-2H,(H,5,6)(H,7,8)/b;3*2-1-. The van der Waals surface area contributed by atoms with Crippen LogP contribution in [-0.2, 0) is 38.8 Å². The van der Waals surface area contributed by atoms with Crippen LogP contribution in [0.2, 0.25) is 0 Å². The monoisotopic (exact) mass is 953 g/mol. The number of fused-ring (bicyclic) bond motifs is 2. The largest absolute Gasteiger partial charge is 0.478 e. The molecule has 3 aromatic heterocycles. The summed E-state index contributed by atoms with van der Waals surface area (Å²) in [6.07, 6.45) is 11.0. The Kier molecular flexibility index (Phi) is 18.2. The Bertz CT molecular complexity index is 2680. The Labute approximate surface area is 378 Å². The third-order valence-electron chi connectivity index (χ3n) is 9.92. The van der Waals surface area contributed by atoms with Crippen LogP contribution in [0.4, 0.5) is 15.9 Å². The highest BCUT2D eigenvalue weighted by Crippen LogP contribution is 2.40. The molecule has 9 N–H and O–H groups in total. The molecule has 1 aliphatic carbocycles. The van der Waals surface area contributed by atoms with Gasteiger partial charge in [0, 0.05) is 86.5 Å². The number of carboxylic acids is 6. The number of carbonyl (C=O) groups is 6. The van der Waals surface area contributed by atoms with E-state index < -0.39 is 51.7 Å². The van der Waals surface area contributed by atoms with E-state index in [0.29, 0.717) is 70.5 Å². The van der Waals surface area contributed by atoms with Crippen molar-refractivity contribution in [2.75, 3.05) is 43.7 Å². The Morgan fingerprint density at radius 1 is 0.746 bits per heavy atom. The molecule has 0 radical (unpaired) electrons. The Morgan fingerprint density at radius 3 is 1.78 bits per heavy atom. The zero-order valence-electron chi connectivity index (χ0n) is 35.2. The van der Waals surface area contributed by atoms with E-state index in [4.69, 9.17) is 36.4 Å². The van der Waals surface area contributed by atoms with Gasteiger partial charge in [0.25, 0.3) is 10.0 Å². The van der Waals surface area contributed by atoms with Gasteiger partial charge in [-0.15, -0.1) is 0 Å². The van der Waals surface area contributed by atoms with Crippen LogP contribution in [0, 0.1) is 5.82 Å².